The van der Waals surface area contributed by atoms with E-state index in [1.165, 1.54) is 22.6 Å². The summed E-state index contributed by atoms with van der Waals surface area (Å²) in [5, 5.41) is 14.8. The molecule has 0 fully saturated rings. The largest absolute Gasteiger partial charge is 0.333 e. The number of carbonyl (C=O) groups is 1. The molecule has 4 rings (SSSR count). The molecule has 1 aromatic carbocycles. The van der Waals surface area contributed by atoms with Crippen LogP contribution in [0.25, 0.3) is 5.57 Å². The summed E-state index contributed by atoms with van der Waals surface area (Å²) in [5.41, 5.74) is 3.33. The van der Waals surface area contributed by atoms with E-state index in [0.717, 1.165) is 18.5 Å². The molecule has 1 N–H and O–H groups in total. The van der Waals surface area contributed by atoms with Gasteiger partial charge in [-0.2, -0.15) is 4.80 Å². The zero-order valence-electron chi connectivity index (χ0n) is 16.9. The number of benzene rings is 1. The van der Waals surface area contributed by atoms with Gasteiger partial charge in [0.15, 0.2) is 5.82 Å². The van der Waals surface area contributed by atoms with Crippen LogP contribution in [0.5, 0.6) is 0 Å². The number of halogens is 1. The molecule has 0 unspecified atom stereocenters. The molecule has 0 bridgehead atoms. The first-order chi connectivity index (χ1) is 14.4. The van der Waals surface area contributed by atoms with Gasteiger partial charge < -0.3 is 10.2 Å². The van der Waals surface area contributed by atoms with Crippen molar-refractivity contribution >= 4 is 23.2 Å². The van der Waals surface area contributed by atoms with Crippen molar-refractivity contribution < 1.29 is 9.18 Å². The molecule has 0 aliphatic carbocycles. The molecule has 0 spiro atoms. The Balaban J connectivity index is 1.50. The quantitative estimate of drug-likeness (QED) is 0.707. The first-order valence-corrected chi connectivity index (χ1v) is 9.49. The maximum absolute atomic E-state index is 14.2. The Morgan fingerprint density at radius 2 is 2.03 bits per heavy atom. The van der Waals surface area contributed by atoms with Crippen LogP contribution in [-0.4, -0.2) is 49.2 Å². The molecule has 3 heterocycles. The lowest BCUT2D eigenvalue weighted by atomic mass is 9.99. The van der Waals surface area contributed by atoms with Gasteiger partial charge in [-0.05, 0) is 42.7 Å². The Morgan fingerprint density at radius 3 is 2.73 bits per heavy atom. The van der Waals surface area contributed by atoms with Crippen LogP contribution in [0, 0.1) is 12.7 Å². The molecular formula is C20H21FN8O. The van der Waals surface area contributed by atoms with Gasteiger partial charge in [-0.25, -0.2) is 9.37 Å². The normalized spacial score (nSPS) is 14.2. The second kappa shape index (κ2) is 7.97. The molecule has 3 aromatic rings. The van der Waals surface area contributed by atoms with Crippen LogP contribution in [0.4, 0.5) is 16.2 Å². The Bertz CT molecular complexity index is 1120. The third kappa shape index (κ3) is 3.88. The number of tetrazole rings is 1. The highest BCUT2D eigenvalue weighted by molar-refractivity contribution is 6.04. The van der Waals surface area contributed by atoms with Crippen LogP contribution in [0.3, 0.4) is 0 Å². The number of aromatic nitrogens is 6. The Hall–Kier alpha value is -3.69. The number of nitrogens with one attached hydrogen (secondary N) is 1. The molecule has 30 heavy (non-hydrogen) atoms. The van der Waals surface area contributed by atoms with E-state index in [9.17, 15) is 9.18 Å². The molecule has 1 aliphatic rings. The number of amides is 1. The summed E-state index contributed by atoms with van der Waals surface area (Å²) in [6.07, 6.45) is 3.93. The van der Waals surface area contributed by atoms with Crippen molar-refractivity contribution in [2.45, 2.75) is 20.3 Å². The van der Waals surface area contributed by atoms with Crippen LogP contribution in [0.2, 0.25) is 0 Å². The smallest absolute Gasteiger partial charge is 0.266 e. The monoisotopic (exact) mass is 408 g/mol. The van der Waals surface area contributed by atoms with Crippen molar-refractivity contribution in [2.24, 2.45) is 7.05 Å². The summed E-state index contributed by atoms with van der Waals surface area (Å²) in [5.74, 6) is -0.280. The van der Waals surface area contributed by atoms with Crippen molar-refractivity contribution in [3.63, 3.8) is 0 Å². The molecule has 0 radical (unpaired) electrons. The van der Waals surface area contributed by atoms with Crippen LogP contribution in [0.1, 0.15) is 35.0 Å². The zero-order chi connectivity index (χ0) is 21.3. The highest BCUT2D eigenvalue weighted by atomic mass is 19.1. The predicted molar refractivity (Wildman–Crippen MR) is 109 cm³/mol. The number of carbonyl (C=O) groups excluding carboxylic acids is 1. The second-order valence-corrected chi connectivity index (χ2v) is 7.19. The Kier molecular flexibility index (Phi) is 5.21. The molecule has 0 saturated heterocycles. The van der Waals surface area contributed by atoms with Gasteiger partial charge in [-0.1, -0.05) is 22.8 Å². The van der Waals surface area contributed by atoms with Crippen LogP contribution in [-0.2, 0) is 7.05 Å². The number of rotatable bonds is 4. The topological polar surface area (TPSA) is 102 Å². The molecule has 9 nitrogen and oxygen atoms in total. The van der Waals surface area contributed by atoms with E-state index >= 15 is 0 Å². The van der Waals surface area contributed by atoms with Gasteiger partial charge >= 0.3 is 0 Å². The van der Waals surface area contributed by atoms with Gasteiger partial charge in [0.25, 0.3) is 11.9 Å². The van der Waals surface area contributed by atoms with Gasteiger partial charge in [0.2, 0.25) is 0 Å². The molecule has 1 amide bonds. The fraction of sp³-hybridized carbons (Fsp3) is 0.300. The standard InChI is InChI=1S/C20H21FN8O/c1-12-7-8-29(20-25-27-28(3)26-20)11-15(12)16-9-23-17(10-22-16)24-19(30)14-6-4-5-13(2)18(14)21/h4-6,9-10H,7-8,11H2,1-3H3,(H,23,24,30). The summed E-state index contributed by atoms with van der Waals surface area (Å²) in [4.78, 5) is 24.6. The van der Waals surface area contributed by atoms with Crippen molar-refractivity contribution in [2.75, 3.05) is 23.3 Å². The summed E-state index contributed by atoms with van der Waals surface area (Å²) >= 11 is 0. The first-order valence-electron chi connectivity index (χ1n) is 9.49. The highest BCUT2D eigenvalue weighted by Crippen LogP contribution is 2.27. The van der Waals surface area contributed by atoms with Gasteiger partial charge in [0.05, 0.1) is 30.7 Å². The van der Waals surface area contributed by atoms with Gasteiger partial charge in [0.1, 0.15) is 5.82 Å². The van der Waals surface area contributed by atoms with E-state index < -0.39 is 11.7 Å². The molecule has 1 aliphatic heterocycles. The van der Waals surface area contributed by atoms with E-state index in [0.29, 0.717) is 23.8 Å². The van der Waals surface area contributed by atoms with E-state index in [2.05, 4.69) is 37.6 Å². The average molecular weight is 408 g/mol. The summed E-state index contributed by atoms with van der Waals surface area (Å²) in [6.45, 7) is 5.06. The number of hydrogen-bond donors (Lipinski definition) is 1. The van der Waals surface area contributed by atoms with Gasteiger partial charge in [-0.15, -0.1) is 5.10 Å². The Labute approximate surface area is 172 Å². The molecule has 0 saturated carbocycles. The summed E-state index contributed by atoms with van der Waals surface area (Å²) in [7, 11) is 1.73. The lowest BCUT2D eigenvalue weighted by Crippen LogP contribution is -2.32. The minimum Gasteiger partial charge on any atom is -0.333 e. The summed E-state index contributed by atoms with van der Waals surface area (Å²) < 4.78 is 14.2. The minimum atomic E-state index is -0.564. The number of anilines is 2. The highest BCUT2D eigenvalue weighted by Gasteiger charge is 2.22. The van der Waals surface area contributed by atoms with E-state index in [-0.39, 0.29) is 11.4 Å². The third-order valence-corrected chi connectivity index (χ3v) is 5.04. The minimum absolute atomic E-state index is 0.0289. The molecular weight excluding hydrogens is 387 g/mol. The Morgan fingerprint density at radius 1 is 1.20 bits per heavy atom. The lowest BCUT2D eigenvalue weighted by Gasteiger charge is -2.28. The second-order valence-electron chi connectivity index (χ2n) is 7.19. The van der Waals surface area contributed by atoms with Crippen molar-refractivity contribution in [1.29, 1.82) is 0 Å². The van der Waals surface area contributed by atoms with E-state index in [1.54, 1.807) is 32.3 Å². The zero-order valence-corrected chi connectivity index (χ0v) is 16.9. The van der Waals surface area contributed by atoms with E-state index in [4.69, 9.17) is 0 Å². The molecule has 10 heteroatoms. The molecule has 2 aromatic heterocycles. The van der Waals surface area contributed by atoms with Crippen molar-refractivity contribution in [1.82, 2.24) is 30.2 Å². The fourth-order valence-electron chi connectivity index (χ4n) is 3.28. The third-order valence-electron chi connectivity index (χ3n) is 5.04. The van der Waals surface area contributed by atoms with Crippen LogP contribution >= 0.6 is 0 Å². The fourth-order valence-corrected chi connectivity index (χ4v) is 3.28. The lowest BCUT2D eigenvalue weighted by molar-refractivity contribution is 0.102. The van der Waals surface area contributed by atoms with Gasteiger partial charge in [-0.3, -0.25) is 9.78 Å². The van der Waals surface area contributed by atoms with Gasteiger partial charge in [0, 0.05) is 13.1 Å². The first kappa shape index (κ1) is 19.6. The average Bonchev–Trinajstić information content (AvgIpc) is 3.17. The number of nitrogens with zero attached hydrogens (tertiary/aromatic N) is 7. The molecule has 0 atom stereocenters. The van der Waals surface area contributed by atoms with E-state index in [1.807, 2.05) is 4.90 Å². The number of hydrogen-bond acceptors (Lipinski definition) is 7. The van der Waals surface area contributed by atoms with Crippen molar-refractivity contribution in [3.8, 4) is 0 Å². The maximum atomic E-state index is 14.2. The summed E-state index contributed by atoms with van der Waals surface area (Å²) in [6, 6.07) is 4.68. The molecule has 154 valence electrons. The van der Waals surface area contributed by atoms with Crippen molar-refractivity contribution in [3.05, 3.63) is 58.8 Å². The van der Waals surface area contributed by atoms with Crippen LogP contribution < -0.4 is 10.2 Å². The maximum Gasteiger partial charge on any atom is 0.266 e. The SMILES string of the molecule is CC1=C(c2cnc(NC(=O)c3cccc(C)c3F)cn2)CN(c2nnn(C)n2)CC1. The van der Waals surface area contributed by atoms with Crippen LogP contribution in [0.15, 0.2) is 36.2 Å². The predicted octanol–water partition coefficient (Wildman–Crippen LogP) is 2.38. The number of aryl methyl sites for hydroxylation is 2.